The van der Waals surface area contributed by atoms with Crippen LogP contribution in [0.2, 0.25) is 5.02 Å². The first-order valence-corrected chi connectivity index (χ1v) is 11.3. The Kier molecular flexibility index (Phi) is 5.58. The molecule has 158 valence electrons. The third-order valence-electron chi connectivity index (χ3n) is 6.50. The van der Waals surface area contributed by atoms with Gasteiger partial charge in [-0.15, -0.1) is 0 Å². The van der Waals surface area contributed by atoms with Crippen LogP contribution in [0.15, 0.2) is 72.8 Å². The van der Waals surface area contributed by atoms with Crippen LogP contribution in [-0.4, -0.2) is 47.6 Å². The molecule has 1 fully saturated rings. The topological polar surface area (TPSA) is 11.4 Å². The van der Waals surface area contributed by atoms with Crippen molar-refractivity contribution < 1.29 is 0 Å². The molecule has 0 N–H and O–H groups in total. The Labute approximate surface area is 189 Å². The highest BCUT2D eigenvalue weighted by atomic mass is 35.5. The van der Waals surface area contributed by atoms with E-state index in [1.807, 2.05) is 12.1 Å². The minimum absolute atomic E-state index is 0.772. The number of likely N-dealkylation sites (N-methyl/N-ethyl adjacent to an activating group) is 1. The van der Waals surface area contributed by atoms with Crippen molar-refractivity contribution in [1.82, 2.24) is 14.4 Å². The van der Waals surface area contributed by atoms with E-state index in [0.29, 0.717) is 0 Å². The lowest BCUT2D eigenvalue weighted by Gasteiger charge is -2.32. The molecule has 0 atom stereocenters. The standard InChI is InChI=1S/C27H28ClN3/c1-20-22(19-30-16-14-29(2)15-17-30)18-27(31(20)26-13-6-5-12-25(26)28)24-11-7-9-21-8-3-4-10-23(21)24/h3-13,18H,14-17,19H2,1-2H3. The zero-order chi connectivity index (χ0) is 21.4. The van der Waals surface area contributed by atoms with E-state index in [1.165, 1.54) is 33.3 Å². The Morgan fingerprint density at radius 2 is 1.55 bits per heavy atom. The van der Waals surface area contributed by atoms with Crippen LogP contribution in [-0.2, 0) is 6.54 Å². The molecule has 1 aromatic heterocycles. The van der Waals surface area contributed by atoms with E-state index in [2.05, 4.69) is 89.0 Å². The monoisotopic (exact) mass is 429 g/mol. The molecule has 4 heteroatoms. The summed E-state index contributed by atoms with van der Waals surface area (Å²) in [4.78, 5) is 4.96. The van der Waals surface area contributed by atoms with Crippen molar-refractivity contribution in [3.8, 4) is 16.9 Å². The molecule has 1 aliphatic heterocycles. The summed E-state index contributed by atoms with van der Waals surface area (Å²) in [5.41, 5.74) is 6.11. The van der Waals surface area contributed by atoms with Crippen LogP contribution in [0.4, 0.5) is 0 Å². The van der Waals surface area contributed by atoms with Crippen molar-refractivity contribution in [3.05, 3.63) is 89.1 Å². The number of aromatic nitrogens is 1. The summed E-state index contributed by atoms with van der Waals surface area (Å²) < 4.78 is 2.34. The molecule has 4 aromatic rings. The van der Waals surface area contributed by atoms with E-state index in [9.17, 15) is 0 Å². The average molecular weight is 430 g/mol. The predicted octanol–water partition coefficient (Wildman–Crippen LogP) is 6.01. The van der Waals surface area contributed by atoms with Crippen LogP contribution in [0, 0.1) is 6.92 Å². The maximum Gasteiger partial charge on any atom is 0.0646 e. The van der Waals surface area contributed by atoms with E-state index in [1.54, 1.807) is 0 Å². The van der Waals surface area contributed by atoms with Gasteiger partial charge < -0.3 is 9.47 Å². The average Bonchev–Trinajstić information content (AvgIpc) is 3.11. The van der Waals surface area contributed by atoms with E-state index in [0.717, 1.165) is 43.4 Å². The summed E-state index contributed by atoms with van der Waals surface area (Å²) in [6.45, 7) is 7.66. The summed E-state index contributed by atoms with van der Waals surface area (Å²) >= 11 is 6.69. The fraction of sp³-hybridized carbons (Fsp3) is 0.259. The second-order valence-corrected chi connectivity index (χ2v) is 8.94. The maximum absolute atomic E-state index is 6.69. The number of hydrogen-bond acceptors (Lipinski definition) is 2. The number of halogens is 1. The van der Waals surface area contributed by atoms with Gasteiger partial charge in [0.2, 0.25) is 0 Å². The lowest BCUT2D eigenvalue weighted by Crippen LogP contribution is -2.43. The molecule has 2 heterocycles. The smallest absolute Gasteiger partial charge is 0.0646 e. The Balaban J connectivity index is 1.67. The van der Waals surface area contributed by atoms with Crippen LogP contribution < -0.4 is 0 Å². The molecule has 0 saturated carbocycles. The summed E-state index contributed by atoms with van der Waals surface area (Å²) in [6.07, 6.45) is 0. The number of hydrogen-bond donors (Lipinski definition) is 0. The second kappa shape index (κ2) is 8.51. The molecule has 3 aromatic carbocycles. The van der Waals surface area contributed by atoms with Crippen molar-refractivity contribution in [2.45, 2.75) is 13.5 Å². The number of piperazine rings is 1. The second-order valence-electron chi connectivity index (χ2n) is 8.53. The van der Waals surface area contributed by atoms with Gasteiger partial charge >= 0.3 is 0 Å². The number of fused-ring (bicyclic) bond motifs is 1. The van der Waals surface area contributed by atoms with Crippen molar-refractivity contribution in [2.24, 2.45) is 0 Å². The highest BCUT2D eigenvalue weighted by Crippen LogP contribution is 2.36. The number of benzene rings is 3. The van der Waals surface area contributed by atoms with Crippen LogP contribution in [0.3, 0.4) is 0 Å². The number of para-hydroxylation sites is 1. The molecular formula is C27H28ClN3. The van der Waals surface area contributed by atoms with Gasteiger partial charge in [0.25, 0.3) is 0 Å². The molecule has 1 aliphatic rings. The minimum Gasteiger partial charge on any atom is -0.312 e. The first kappa shape index (κ1) is 20.3. The molecule has 0 aliphatic carbocycles. The van der Waals surface area contributed by atoms with Crippen molar-refractivity contribution in [1.29, 1.82) is 0 Å². The Morgan fingerprint density at radius 3 is 2.35 bits per heavy atom. The first-order chi connectivity index (χ1) is 15.1. The van der Waals surface area contributed by atoms with Gasteiger partial charge in [-0.05, 0) is 48.5 Å². The zero-order valence-corrected chi connectivity index (χ0v) is 18.9. The highest BCUT2D eigenvalue weighted by Gasteiger charge is 2.21. The van der Waals surface area contributed by atoms with Gasteiger partial charge in [-0.3, -0.25) is 4.90 Å². The zero-order valence-electron chi connectivity index (χ0n) is 18.2. The fourth-order valence-corrected chi connectivity index (χ4v) is 4.88. The summed E-state index contributed by atoms with van der Waals surface area (Å²) in [5, 5.41) is 3.29. The maximum atomic E-state index is 6.69. The van der Waals surface area contributed by atoms with Gasteiger partial charge in [-0.25, -0.2) is 0 Å². The Hall–Kier alpha value is -2.59. The van der Waals surface area contributed by atoms with E-state index < -0.39 is 0 Å². The third-order valence-corrected chi connectivity index (χ3v) is 6.82. The lowest BCUT2D eigenvalue weighted by molar-refractivity contribution is 0.148. The van der Waals surface area contributed by atoms with Crippen LogP contribution in [0.5, 0.6) is 0 Å². The molecule has 31 heavy (non-hydrogen) atoms. The van der Waals surface area contributed by atoms with Crippen LogP contribution in [0.25, 0.3) is 27.7 Å². The van der Waals surface area contributed by atoms with Crippen molar-refractivity contribution in [2.75, 3.05) is 33.2 Å². The molecule has 0 unspecified atom stereocenters. The molecule has 0 amide bonds. The fourth-order valence-electron chi connectivity index (χ4n) is 4.66. The minimum atomic E-state index is 0.772. The predicted molar refractivity (Wildman–Crippen MR) is 131 cm³/mol. The molecule has 1 saturated heterocycles. The van der Waals surface area contributed by atoms with Crippen molar-refractivity contribution in [3.63, 3.8) is 0 Å². The van der Waals surface area contributed by atoms with Crippen LogP contribution in [0.1, 0.15) is 11.3 Å². The van der Waals surface area contributed by atoms with E-state index in [4.69, 9.17) is 11.6 Å². The molecule has 0 bridgehead atoms. The van der Waals surface area contributed by atoms with Gasteiger partial charge in [0.1, 0.15) is 0 Å². The van der Waals surface area contributed by atoms with Gasteiger partial charge in [0.15, 0.2) is 0 Å². The SMILES string of the molecule is Cc1c(CN2CCN(C)CC2)cc(-c2cccc3ccccc23)n1-c1ccccc1Cl. The molecule has 0 radical (unpaired) electrons. The Morgan fingerprint density at radius 1 is 0.839 bits per heavy atom. The molecule has 5 rings (SSSR count). The van der Waals surface area contributed by atoms with Gasteiger partial charge in [0, 0.05) is 44.0 Å². The summed E-state index contributed by atoms with van der Waals surface area (Å²) in [7, 11) is 2.20. The molecule has 0 spiro atoms. The third kappa shape index (κ3) is 3.89. The quantitative estimate of drug-likeness (QED) is 0.393. The van der Waals surface area contributed by atoms with Gasteiger partial charge in [0.05, 0.1) is 16.4 Å². The first-order valence-electron chi connectivity index (χ1n) is 11.0. The van der Waals surface area contributed by atoms with Crippen molar-refractivity contribution >= 4 is 22.4 Å². The highest BCUT2D eigenvalue weighted by molar-refractivity contribution is 6.32. The molecule has 3 nitrogen and oxygen atoms in total. The number of rotatable bonds is 4. The summed E-state index contributed by atoms with van der Waals surface area (Å²) in [6, 6.07) is 25.7. The van der Waals surface area contributed by atoms with Gasteiger partial charge in [-0.2, -0.15) is 0 Å². The molecular weight excluding hydrogens is 402 g/mol. The van der Waals surface area contributed by atoms with Crippen LogP contribution >= 0.6 is 11.6 Å². The summed E-state index contributed by atoms with van der Waals surface area (Å²) in [5.74, 6) is 0. The lowest BCUT2D eigenvalue weighted by atomic mass is 10.0. The largest absolute Gasteiger partial charge is 0.312 e. The van der Waals surface area contributed by atoms with E-state index in [-0.39, 0.29) is 0 Å². The number of nitrogens with zero attached hydrogens (tertiary/aromatic N) is 3. The van der Waals surface area contributed by atoms with Gasteiger partial charge in [-0.1, -0.05) is 66.2 Å². The Bertz CT molecular complexity index is 1210. The van der Waals surface area contributed by atoms with E-state index >= 15 is 0 Å². The normalized spacial score (nSPS) is 15.6.